The highest BCUT2D eigenvalue weighted by Gasteiger charge is 2.14. The van der Waals surface area contributed by atoms with Gasteiger partial charge in [0.25, 0.3) is 0 Å². The monoisotopic (exact) mass is 320 g/mol. The Bertz CT molecular complexity index is 878. The number of urea groups is 1. The molecule has 0 radical (unpaired) electrons. The van der Waals surface area contributed by atoms with Crippen molar-refractivity contribution in [3.8, 4) is 0 Å². The summed E-state index contributed by atoms with van der Waals surface area (Å²) in [5.41, 5.74) is 0.752. The van der Waals surface area contributed by atoms with Crippen molar-refractivity contribution in [1.82, 2.24) is 15.5 Å². The molecule has 0 saturated heterocycles. The molecule has 118 valence electrons. The van der Waals surface area contributed by atoms with Gasteiger partial charge < -0.3 is 10.6 Å². The third kappa shape index (κ3) is 3.10. The van der Waals surface area contributed by atoms with Gasteiger partial charge in [-0.3, -0.25) is 5.10 Å². The second-order valence-corrected chi connectivity index (χ2v) is 4.80. The Morgan fingerprint density at radius 3 is 2.74 bits per heavy atom. The highest BCUT2D eigenvalue weighted by atomic mass is 19.2. The minimum Gasteiger partial charge on any atom is -0.334 e. The van der Waals surface area contributed by atoms with Crippen LogP contribution in [0.15, 0.2) is 36.5 Å². The van der Waals surface area contributed by atoms with Crippen LogP contribution in [0.3, 0.4) is 0 Å². The maximum atomic E-state index is 13.5. The second-order valence-electron chi connectivity index (χ2n) is 4.80. The van der Waals surface area contributed by atoms with Gasteiger partial charge in [0.05, 0.1) is 18.3 Å². The van der Waals surface area contributed by atoms with E-state index in [-0.39, 0.29) is 0 Å². The number of fused-ring (bicyclic) bond motifs is 1. The van der Waals surface area contributed by atoms with Crippen LogP contribution in [-0.2, 0) is 6.54 Å². The molecule has 3 N–H and O–H groups in total. The molecule has 0 spiro atoms. The number of H-pyrrole nitrogens is 1. The fraction of sp³-hybridized carbons (Fsp3) is 0.0667. The van der Waals surface area contributed by atoms with Gasteiger partial charge in [-0.2, -0.15) is 5.10 Å². The molecule has 8 heteroatoms. The fourth-order valence-electron chi connectivity index (χ4n) is 2.10. The van der Waals surface area contributed by atoms with Gasteiger partial charge >= 0.3 is 6.03 Å². The summed E-state index contributed by atoms with van der Waals surface area (Å²) in [5, 5.41) is 12.2. The van der Waals surface area contributed by atoms with Crippen LogP contribution >= 0.6 is 0 Å². The fourth-order valence-corrected chi connectivity index (χ4v) is 2.10. The molecule has 1 aromatic heterocycles. The lowest BCUT2D eigenvalue weighted by Crippen LogP contribution is -2.29. The first kappa shape index (κ1) is 14.9. The zero-order valence-electron chi connectivity index (χ0n) is 11.7. The van der Waals surface area contributed by atoms with E-state index in [0.29, 0.717) is 11.8 Å². The quantitative estimate of drug-likeness (QED) is 0.648. The van der Waals surface area contributed by atoms with E-state index < -0.39 is 35.6 Å². The minimum absolute atomic E-state index is 0.477. The maximum absolute atomic E-state index is 13.5. The van der Waals surface area contributed by atoms with Crippen molar-refractivity contribution in [3.05, 3.63) is 59.5 Å². The van der Waals surface area contributed by atoms with Crippen LogP contribution in [0.25, 0.3) is 10.9 Å². The van der Waals surface area contributed by atoms with Crippen molar-refractivity contribution >= 4 is 22.6 Å². The van der Waals surface area contributed by atoms with Gasteiger partial charge in [-0.1, -0.05) is 0 Å². The first-order valence-electron chi connectivity index (χ1n) is 6.65. The Morgan fingerprint density at radius 1 is 1.13 bits per heavy atom. The number of rotatable bonds is 3. The summed E-state index contributed by atoms with van der Waals surface area (Å²) in [7, 11) is 0. The van der Waals surface area contributed by atoms with E-state index in [4.69, 9.17) is 0 Å². The summed E-state index contributed by atoms with van der Waals surface area (Å²) in [5.74, 6) is -3.41. The number of carbonyl (C=O) groups excluding carboxylic acids is 1. The predicted molar refractivity (Wildman–Crippen MR) is 78.3 cm³/mol. The number of anilines is 1. The Labute approximate surface area is 128 Å². The SMILES string of the molecule is O=C(NCc1c(F)ccc(F)c1F)Nc1ccc2[nH]ncc2c1. The molecular weight excluding hydrogens is 309 g/mol. The van der Waals surface area contributed by atoms with Crippen LogP contribution in [0, 0.1) is 17.5 Å². The number of halogens is 3. The number of aromatic amines is 1. The summed E-state index contributed by atoms with van der Waals surface area (Å²) in [4.78, 5) is 11.8. The van der Waals surface area contributed by atoms with Crippen LogP contribution in [-0.4, -0.2) is 16.2 Å². The van der Waals surface area contributed by atoms with E-state index >= 15 is 0 Å². The van der Waals surface area contributed by atoms with E-state index in [2.05, 4.69) is 20.8 Å². The van der Waals surface area contributed by atoms with Gasteiger partial charge in [0.2, 0.25) is 0 Å². The smallest absolute Gasteiger partial charge is 0.319 e. The molecule has 0 aliphatic heterocycles. The molecule has 0 atom stereocenters. The van der Waals surface area contributed by atoms with Gasteiger partial charge in [0, 0.05) is 16.6 Å². The first-order valence-corrected chi connectivity index (χ1v) is 6.65. The lowest BCUT2D eigenvalue weighted by atomic mass is 10.2. The summed E-state index contributed by atoms with van der Waals surface area (Å²) in [6.07, 6.45) is 1.59. The molecule has 3 rings (SSSR count). The molecule has 0 saturated carbocycles. The van der Waals surface area contributed by atoms with Crippen molar-refractivity contribution in [2.45, 2.75) is 6.54 Å². The van der Waals surface area contributed by atoms with Crippen molar-refractivity contribution < 1.29 is 18.0 Å². The van der Waals surface area contributed by atoms with Gasteiger partial charge in [-0.25, -0.2) is 18.0 Å². The summed E-state index contributed by atoms with van der Waals surface area (Å²) in [6.45, 7) is -0.477. The van der Waals surface area contributed by atoms with E-state index in [1.807, 2.05) is 0 Å². The lowest BCUT2D eigenvalue weighted by Gasteiger charge is -2.09. The molecule has 0 fully saturated rings. The third-order valence-electron chi connectivity index (χ3n) is 3.26. The number of amides is 2. The molecule has 0 bridgehead atoms. The van der Waals surface area contributed by atoms with Gasteiger partial charge in [0.15, 0.2) is 11.6 Å². The Kier molecular flexibility index (Phi) is 3.88. The average molecular weight is 320 g/mol. The molecule has 0 unspecified atom stereocenters. The molecule has 0 aliphatic carbocycles. The van der Waals surface area contributed by atoms with Crippen LogP contribution in [0.2, 0.25) is 0 Å². The average Bonchev–Trinajstić information content (AvgIpc) is 2.99. The minimum atomic E-state index is -1.31. The zero-order chi connectivity index (χ0) is 16.4. The number of hydrogen-bond donors (Lipinski definition) is 3. The second kappa shape index (κ2) is 5.99. The molecule has 0 aliphatic rings. The number of benzene rings is 2. The van der Waals surface area contributed by atoms with Crippen LogP contribution < -0.4 is 10.6 Å². The highest BCUT2D eigenvalue weighted by molar-refractivity contribution is 5.92. The normalized spacial score (nSPS) is 10.7. The molecule has 2 aromatic carbocycles. The zero-order valence-corrected chi connectivity index (χ0v) is 11.7. The summed E-state index contributed by atoms with van der Waals surface area (Å²) in [6, 6.07) is 5.87. The van der Waals surface area contributed by atoms with Crippen LogP contribution in [0.1, 0.15) is 5.56 Å². The predicted octanol–water partition coefficient (Wildman–Crippen LogP) is 3.30. The number of nitrogens with one attached hydrogen (secondary N) is 3. The van der Waals surface area contributed by atoms with Gasteiger partial charge in [-0.15, -0.1) is 0 Å². The van der Waals surface area contributed by atoms with Crippen LogP contribution in [0.4, 0.5) is 23.7 Å². The number of aromatic nitrogens is 2. The van der Waals surface area contributed by atoms with Crippen molar-refractivity contribution in [2.24, 2.45) is 0 Å². The number of hydrogen-bond acceptors (Lipinski definition) is 2. The van der Waals surface area contributed by atoms with Crippen molar-refractivity contribution in [3.63, 3.8) is 0 Å². The largest absolute Gasteiger partial charge is 0.334 e. The summed E-state index contributed by atoms with van der Waals surface area (Å²) < 4.78 is 40.0. The maximum Gasteiger partial charge on any atom is 0.319 e. The lowest BCUT2D eigenvalue weighted by molar-refractivity contribution is 0.251. The van der Waals surface area contributed by atoms with E-state index in [9.17, 15) is 18.0 Å². The van der Waals surface area contributed by atoms with Gasteiger partial charge in [-0.05, 0) is 30.3 Å². The summed E-state index contributed by atoms with van der Waals surface area (Å²) >= 11 is 0. The highest BCUT2D eigenvalue weighted by Crippen LogP contribution is 2.17. The first-order chi connectivity index (χ1) is 11.0. The Morgan fingerprint density at radius 2 is 1.91 bits per heavy atom. The number of nitrogens with zero attached hydrogens (tertiary/aromatic N) is 1. The topological polar surface area (TPSA) is 69.8 Å². The molecule has 23 heavy (non-hydrogen) atoms. The van der Waals surface area contributed by atoms with Crippen molar-refractivity contribution in [2.75, 3.05) is 5.32 Å². The molecule has 1 heterocycles. The molecule has 2 amide bonds. The molecule has 5 nitrogen and oxygen atoms in total. The van der Waals surface area contributed by atoms with E-state index in [1.54, 1.807) is 24.4 Å². The third-order valence-corrected chi connectivity index (χ3v) is 3.26. The Hall–Kier alpha value is -3.03. The van der Waals surface area contributed by atoms with E-state index in [0.717, 1.165) is 17.0 Å². The van der Waals surface area contributed by atoms with Crippen molar-refractivity contribution in [1.29, 1.82) is 0 Å². The van der Waals surface area contributed by atoms with Gasteiger partial charge in [0.1, 0.15) is 5.82 Å². The molecule has 3 aromatic rings. The van der Waals surface area contributed by atoms with Crippen LogP contribution in [0.5, 0.6) is 0 Å². The van der Waals surface area contributed by atoms with E-state index in [1.165, 1.54) is 0 Å². The Balaban J connectivity index is 1.67. The standard InChI is InChI=1S/C15H11F3N4O/c16-11-2-3-12(17)14(18)10(11)7-19-15(23)21-9-1-4-13-8(5-9)6-20-22-13/h1-6H,7H2,(H,20,22)(H2,19,21,23). The number of carbonyl (C=O) groups is 1. The molecular formula is C15H11F3N4O.